The van der Waals surface area contributed by atoms with Crippen LogP contribution < -0.4 is 0 Å². The summed E-state index contributed by atoms with van der Waals surface area (Å²) in [4.78, 5) is 34.7. The van der Waals surface area contributed by atoms with Crippen molar-refractivity contribution in [2.75, 3.05) is 0 Å². The van der Waals surface area contributed by atoms with Gasteiger partial charge in [-0.15, -0.1) is 0 Å². The van der Waals surface area contributed by atoms with Crippen LogP contribution in [0.3, 0.4) is 0 Å². The van der Waals surface area contributed by atoms with Gasteiger partial charge in [-0.05, 0) is 13.3 Å². The molecular formula is C13H14AgO6. The third-order valence-corrected chi connectivity index (χ3v) is 4.42. The summed E-state index contributed by atoms with van der Waals surface area (Å²) >= 11 is 0. The van der Waals surface area contributed by atoms with E-state index >= 15 is 0 Å². The van der Waals surface area contributed by atoms with E-state index in [2.05, 4.69) is 6.58 Å². The fourth-order valence-electron chi connectivity index (χ4n) is 3.71. The van der Waals surface area contributed by atoms with E-state index in [1.165, 1.54) is 6.92 Å². The maximum atomic E-state index is 11.7. The predicted molar refractivity (Wildman–Crippen MR) is 60.8 cm³/mol. The predicted octanol–water partition coefficient (Wildman–Crippen LogP) is 0.364. The molecule has 1 saturated heterocycles. The average molecular weight is 374 g/mol. The quantitative estimate of drug-likeness (QED) is 0.436. The molecule has 0 amide bonds. The van der Waals surface area contributed by atoms with E-state index in [1.807, 2.05) is 0 Å². The van der Waals surface area contributed by atoms with Crippen LogP contribution in [-0.4, -0.2) is 35.2 Å². The van der Waals surface area contributed by atoms with Crippen molar-refractivity contribution in [2.24, 2.45) is 23.7 Å². The maximum absolute atomic E-state index is 11.7. The Kier molecular flexibility index (Phi) is 3.83. The van der Waals surface area contributed by atoms with Gasteiger partial charge in [0.25, 0.3) is 0 Å². The second kappa shape index (κ2) is 5.02. The van der Waals surface area contributed by atoms with Gasteiger partial charge in [0, 0.05) is 39.8 Å². The van der Waals surface area contributed by atoms with Crippen LogP contribution in [0, 0.1) is 23.7 Å². The SMILES string of the molecule is C=C(C)C(=O)OC1C2CC3C1OC(=O)C3C2C(=O)O.[Ag]. The number of hydrogen-bond acceptors (Lipinski definition) is 5. The zero-order valence-corrected chi connectivity index (χ0v) is 12.2. The van der Waals surface area contributed by atoms with E-state index in [4.69, 9.17) is 9.47 Å². The second-order valence-corrected chi connectivity index (χ2v) is 5.50. The molecule has 0 spiro atoms. The van der Waals surface area contributed by atoms with Crippen LogP contribution in [0.1, 0.15) is 13.3 Å². The Morgan fingerprint density at radius 2 is 2.05 bits per heavy atom. The minimum atomic E-state index is -1.02. The Hall–Kier alpha value is -1.11. The van der Waals surface area contributed by atoms with Crippen LogP contribution in [0.15, 0.2) is 12.2 Å². The first-order valence-electron chi connectivity index (χ1n) is 6.21. The van der Waals surface area contributed by atoms with Gasteiger partial charge in [0.05, 0.1) is 11.8 Å². The van der Waals surface area contributed by atoms with Gasteiger partial charge in [-0.1, -0.05) is 6.58 Å². The van der Waals surface area contributed by atoms with Gasteiger partial charge in [-0.2, -0.15) is 0 Å². The first-order valence-corrected chi connectivity index (χ1v) is 6.21. The zero-order valence-electron chi connectivity index (χ0n) is 10.7. The van der Waals surface area contributed by atoms with E-state index in [0.29, 0.717) is 6.42 Å². The topological polar surface area (TPSA) is 89.9 Å². The summed E-state index contributed by atoms with van der Waals surface area (Å²) in [6.45, 7) is 5.01. The monoisotopic (exact) mass is 373 g/mol. The number of esters is 2. The van der Waals surface area contributed by atoms with Crippen molar-refractivity contribution < 1.29 is 51.3 Å². The normalized spacial score (nSPS) is 40.0. The number of ether oxygens (including phenoxy) is 2. The fraction of sp³-hybridized carbons (Fsp3) is 0.615. The Labute approximate surface area is 131 Å². The molecule has 113 valence electrons. The number of carboxylic acid groups (broad SMARTS) is 1. The molecule has 7 heteroatoms. The first kappa shape index (κ1) is 15.3. The van der Waals surface area contributed by atoms with Crippen LogP contribution in [0.5, 0.6) is 0 Å². The number of fused-ring (bicyclic) bond motifs is 1. The summed E-state index contributed by atoms with van der Waals surface area (Å²) in [5.41, 5.74) is 0.246. The molecule has 6 unspecified atom stereocenters. The average Bonchev–Trinajstić information content (AvgIpc) is 2.91. The number of hydrogen-bond donors (Lipinski definition) is 1. The standard InChI is InChI=1S/C13H14O6.Ag/c1-4(2)12(16)18-9-5-3-6-8(7(5)11(14)15)13(17)19-10(6)9;/h5-10H,1,3H2,2H3,(H,14,15);. The minimum Gasteiger partial charge on any atom is -0.481 e. The van der Waals surface area contributed by atoms with Gasteiger partial charge in [0.15, 0.2) is 0 Å². The number of carboxylic acids is 1. The van der Waals surface area contributed by atoms with E-state index in [0.717, 1.165) is 0 Å². The van der Waals surface area contributed by atoms with Gasteiger partial charge in [0.1, 0.15) is 12.2 Å². The molecule has 2 aliphatic carbocycles. The number of carbonyl (C=O) groups is 3. The summed E-state index contributed by atoms with van der Waals surface area (Å²) in [6, 6.07) is 0. The first-order chi connectivity index (χ1) is 8.91. The Bertz CT molecular complexity index is 501. The summed E-state index contributed by atoms with van der Waals surface area (Å²) in [5.74, 6) is -3.92. The molecule has 6 atom stereocenters. The van der Waals surface area contributed by atoms with Crippen LogP contribution in [0.2, 0.25) is 0 Å². The molecule has 1 radical (unpaired) electrons. The molecule has 3 aliphatic rings. The van der Waals surface area contributed by atoms with Gasteiger partial charge in [-0.3, -0.25) is 9.59 Å². The zero-order chi connectivity index (χ0) is 13.9. The van der Waals surface area contributed by atoms with Gasteiger partial charge >= 0.3 is 17.9 Å². The Morgan fingerprint density at radius 3 is 2.60 bits per heavy atom. The van der Waals surface area contributed by atoms with Crippen molar-refractivity contribution in [3.63, 3.8) is 0 Å². The van der Waals surface area contributed by atoms with E-state index < -0.39 is 42.0 Å². The maximum Gasteiger partial charge on any atom is 0.333 e. The van der Waals surface area contributed by atoms with Crippen molar-refractivity contribution in [1.82, 2.24) is 0 Å². The van der Waals surface area contributed by atoms with Crippen molar-refractivity contribution in [1.29, 1.82) is 0 Å². The van der Waals surface area contributed by atoms with Crippen molar-refractivity contribution in [2.45, 2.75) is 25.6 Å². The number of carbonyl (C=O) groups excluding carboxylic acids is 2. The number of rotatable bonds is 3. The molecule has 0 aromatic carbocycles. The molecular weight excluding hydrogens is 360 g/mol. The van der Waals surface area contributed by atoms with Crippen molar-refractivity contribution >= 4 is 17.9 Å². The van der Waals surface area contributed by atoms with E-state index in [-0.39, 0.29) is 39.8 Å². The van der Waals surface area contributed by atoms with Crippen LogP contribution in [0.4, 0.5) is 0 Å². The third-order valence-electron chi connectivity index (χ3n) is 4.42. The molecule has 0 aromatic rings. The summed E-state index contributed by atoms with van der Waals surface area (Å²) < 4.78 is 10.5. The molecule has 2 bridgehead atoms. The minimum absolute atomic E-state index is 0. The van der Waals surface area contributed by atoms with Crippen molar-refractivity contribution in [3.05, 3.63) is 12.2 Å². The summed E-state index contributed by atoms with van der Waals surface area (Å²) in [6.07, 6.45) is -0.578. The van der Waals surface area contributed by atoms with Crippen LogP contribution in [0.25, 0.3) is 0 Å². The second-order valence-electron chi connectivity index (χ2n) is 5.50. The molecule has 1 N–H and O–H groups in total. The molecule has 20 heavy (non-hydrogen) atoms. The summed E-state index contributed by atoms with van der Waals surface area (Å²) in [5, 5.41) is 9.27. The van der Waals surface area contributed by atoms with Gasteiger partial charge < -0.3 is 14.6 Å². The molecule has 3 rings (SSSR count). The van der Waals surface area contributed by atoms with Crippen molar-refractivity contribution in [3.8, 4) is 0 Å². The van der Waals surface area contributed by atoms with E-state index in [1.54, 1.807) is 0 Å². The molecule has 0 aromatic heterocycles. The summed E-state index contributed by atoms with van der Waals surface area (Å²) in [7, 11) is 0. The molecule has 2 saturated carbocycles. The molecule has 1 heterocycles. The molecule has 6 nitrogen and oxygen atoms in total. The smallest absolute Gasteiger partial charge is 0.333 e. The third kappa shape index (κ3) is 1.94. The fourth-order valence-corrected chi connectivity index (χ4v) is 3.71. The molecule has 1 aliphatic heterocycles. The van der Waals surface area contributed by atoms with Crippen LogP contribution in [-0.2, 0) is 46.2 Å². The van der Waals surface area contributed by atoms with Gasteiger partial charge in [0.2, 0.25) is 0 Å². The van der Waals surface area contributed by atoms with E-state index in [9.17, 15) is 19.5 Å². The van der Waals surface area contributed by atoms with Crippen LogP contribution >= 0.6 is 0 Å². The Morgan fingerprint density at radius 1 is 1.40 bits per heavy atom. The molecule has 3 fully saturated rings. The Balaban J connectivity index is 0.00000147. The number of aliphatic carboxylic acids is 1. The van der Waals surface area contributed by atoms with Gasteiger partial charge in [-0.25, -0.2) is 4.79 Å². The largest absolute Gasteiger partial charge is 0.481 e.